The number of fused-ring (bicyclic) bond motifs is 1. The van der Waals surface area contributed by atoms with Crippen molar-refractivity contribution in [2.75, 3.05) is 20.8 Å². The molecule has 0 unspecified atom stereocenters. The van der Waals surface area contributed by atoms with E-state index in [1.54, 1.807) is 14.2 Å². The fourth-order valence-electron chi connectivity index (χ4n) is 4.06. The van der Waals surface area contributed by atoms with Crippen LogP contribution in [0.4, 0.5) is 0 Å². The number of methoxy groups -OCH3 is 2. The van der Waals surface area contributed by atoms with Crippen LogP contribution in [0.3, 0.4) is 0 Å². The lowest BCUT2D eigenvalue weighted by Gasteiger charge is -2.36. The Morgan fingerprint density at radius 3 is 2.66 bits per heavy atom. The molecule has 0 bridgehead atoms. The highest BCUT2D eigenvalue weighted by Crippen LogP contribution is 2.40. The average Bonchev–Trinajstić information content (AvgIpc) is 3.46. The third-order valence-corrected chi connectivity index (χ3v) is 5.73. The van der Waals surface area contributed by atoms with Gasteiger partial charge in [-0.15, -0.1) is 0 Å². The SMILES string of the molecule is COc1ccc(OC)c(CC(=O)N2CCn3nc(C4CC4)nc3[C@@H]2CC(C)C)c1. The Labute approximate surface area is 172 Å². The zero-order chi connectivity index (χ0) is 20.5. The number of benzene rings is 1. The van der Waals surface area contributed by atoms with Gasteiger partial charge in [-0.05, 0) is 43.4 Å². The first-order valence-corrected chi connectivity index (χ1v) is 10.4. The molecular weight excluding hydrogens is 368 g/mol. The molecule has 1 amide bonds. The predicted octanol–water partition coefficient (Wildman–Crippen LogP) is 3.34. The van der Waals surface area contributed by atoms with E-state index in [2.05, 4.69) is 13.8 Å². The Hall–Kier alpha value is -2.57. The molecule has 4 rings (SSSR count). The van der Waals surface area contributed by atoms with Crippen LogP contribution >= 0.6 is 0 Å². The molecule has 0 N–H and O–H groups in total. The van der Waals surface area contributed by atoms with Gasteiger partial charge in [0.1, 0.15) is 17.3 Å². The molecule has 7 heteroatoms. The molecule has 1 aromatic heterocycles. The zero-order valence-corrected chi connectivity index (χ0v) is 17.7. The fourth-order valence-corrected chi connectivity index (χ4v) is 4.06. The summed E-state index contributed by atoms with van der Waals surface area (Å²) in [5, 5.41) is 4.73. The first kappa shape index (κ1) is 19.7. The molecule has 2 aliphatic rings. The Morgan fingerprint density at radius 1 is 1.21 bits per heavy atom. The number of rotatable bonds is 7. The van der Waals surface area contributed by atoms with Gasteiger partial charge in [-0.2, -0.15) is 5.10 Å². The molecule has 1 aliphatic carbocycles. The van der Waals surface area contributed by atoms with Gasteiger partial charge in [0.25, 0.3) is 0 Å². The number of nitrogens with zero attached hydrogens (tertiary/aromatic N) is 4. The maximum atomic E-state index is 13.4. The van der Waals surface area contributed by atoms with Crippen molar-refractivity contribution in [1.82, 2.24) is 19.7 Å². The second-order valence-corrected chi connectivity index (χ2v) is 8.41. The van der Waals surface area contributed by atoms with Crippen LogP contribution < -0.4 is 9.47 Å². The van der Waals surface area contributed by atoms with Gasteiger partial charge in [-0.3, -0.25) is 4.79 Å². The van der Waals surface area contributed by atoms with E-state index in [-0.39, 0.29) is 18.4 Å². The third-order valence-electron chi connectivity index (χ3n) is 5.73. The fraction of sp³-hybridized carbons (Fsp3) is 0.591. The predicted molar refractivity (Wildman–Crippen MR) is 109 cm³/mol. The average molecular weight is 399 g/mol. The topological polar surface area (TPSA) is 69.5 Å². The number of hydrogen-bond acceptors (Lipinski definition) is 5. The minimum absolute atomic E-state index is 0.0344. The van der Waals surface area contributed by atoms with Gasteiger partial charge in [0, 0.05) is 18.0 Å². The van der Waals surface area contributed by atoms with Gasteiger partial charge in [0.15, 0.2) is 5.82 Å². The van der Waals surface area contributed by atoms with Crippen molar-refractivity contribution in [3.63, 3.8) is 0 Å². The van der Waals surface area contributed by atoms with E-state index < -0.39 is 0 Å². The van der Waals surface area contributed by atoms with Crippen molar-refractivity contribution in [3.8, 4) is 11.5 Å². The first-order valence-electron chi connectivity index (χ1n) is 10.4. The molecule has 2 aromatic rings. The lowest BCUT2D eigenvalue weighted by atomic mass is 9.99. The van der Waals surface area contributed by atoms with Crippen molar-refractivity contribution >= 4 is 5.91 Å². The van der Waals surface area contributed by atoms with Crippen LogP contribution in [-0.4, -0.2) is 46.3 Å². The number of aromatic nitrogens is 3. The molecule has 1 fully saturated rings. The molecule has 0 saturated heterocycles. The van der Waals surface area contributed by atoms with Crippen LogP contribution in [-0.2, 0) is 17.8 Å². The van der Waals surface area contributed by atoms with Gasteiger partial charge in [-0.1, -0.05) is 13.8 Å². The van der Waals surface area contributed by atoms with Crippen LogP contribution in [0.25, 0.3) is 0 Å². The Balaban J connectivity index is 1.59. The van der Waals surface area contributed by atoms with Crippen LogP contribution in [0.2, 0.25) is 0 Å². The number of hydrogen-bond donors (Lipinski definition) is 0. The summed E-state index contributed by atoms with van der Waals surface area (Å²) in [6.45, 7) is 5.73. The number of ether oxygens (including phenoxy) is 2. The molecule has 1 aromatic carbocycles. The largest absolute Gasteiger partial charge is 0.497 e. The molecule has 29 heavy (non-hydrogen) atoms. The Morgan fingerprint density at radius 2 is 2.00 bits per heavy atom. The monoisotopic (exact) mass is 398 g/mol. The maximum absolute atomic E-state index is 13.4. The van der Waals surface area contributed by atoms with Gasteiger partial charge in [0.05, 0.1) is 33.2 Å². The summed E-state index contributed by atoms with van der Waals surface area (Å²) in [5.74, 6) is 4.38. The van der Waals surface area contributed by atoms with Crippen LogP contribution in [0.15, 0.2) is 18.2 Å². The van der Waals surface area contributed by atoms with E-state index in [9.17, 15) is 4.79 Å². The van der Waals surface area contributed by atoms with Crippen molar-refractivity contribution in [2.24, 2.45) is 5.92 Å². The maximum Gasteiger partial charge on any atom is 0.227 e. The van der Waals surface area contributed by atoms with Crippen molar-refractivity contribution in [3.05, 3.63) is 35.4 Å². The van der Waals surface area contributed by atoms with Gasteiger partial charge in [-0.25, -0.2) is 9.67 Å². The number of carbonyl (C=O) groups is 1. The van der Waals surface area contributed by atoms with E-state index in [4.69, 9.17) is 19.6 Å². The summed E-state index contributed by atoms with van der Waals surface area (Å²) in [4.78, 5) is 20.2. The van der Waals surface area contributed by atoms with Gasteiger partial charge < -0.3 is 14.4 Å². The number of amides is 1. The summed E-state index contributed by atoms with van der Waals surface area (Å²) in [5.41, 5.74) is 0.839. The summed E-state index contributed by atoms with van der Waals surface area (Å²) in [6.07, 6.45) is 3.51. The van der Waals surface area contributed by atoms with E-state index >= 15 is 0 Å². The highest BCUT2D eigenvalue weighted by Gasteiger charge is 2.37. The van der Waals surface area contributed by atoms with Crippen molar-refractivity contribution in [2.45, 2.75) is 58.0 Å². The summed E-state index contributed by atoms with van der Waals surface area (Å²) in [7, 11) is 3.25. The second-order valence-electron chi connectivity index (χ2n) is 8.41. The number of carbonyl (C=O) groups excluding carboxylic acids is 1. The quantitative estimate of drug-likeness (QED) is 0.715. The van der Waals surface area contributed by atoms with Crippen molar-refractivity contribution < 1.29 is 14.3 Å². The molecule has 0 spiro atoms. The van der Waals surface area contributed by atoms with Crippen LogP contribution in [0, 0.1) is 5.92 Å². The molecular formula is C22H30N4O3. The van der Waals surface area contributed by atoms with E-state index in [1.807, 2.05) is 27.8 Å². The first-order chi connectivity index (χ1) is 14.0. The van der Waals surface area contributed by atoms with Gasteiger partial charge in [0.2, 0.25) is 5.91 Å². The molecule has 0 radical (unpaired) electrons. The molecule has 1 atom stereocenters. The summed E-state index contributed by atoms with van der Waals surface area (Å²) >= 11 is 0. The van der Waals surface area contributed by atoms with E-state index in [1.165, 1.54) is 12.8 Å². The summed E-state index contributed by atoms with van der Waals surface area (Å²) < 4.78 is 12.8. The molecule has 1 saturated carbocycles. The zero-order valence-electron chi connectivity index (χ0n) is 17.7. The van der Waals surface area contributed by atoms with Gasteiger partial charge >= 0.3 is 0 Å². The van der Waals surface area contributed by atoms with E-state index in [0.717, 1.165) is 29.4 Å². The lowest BCUT2D eigenvalue weighted by molar-refractivity contribution is -0.134. The Bertz CT molecular complexity index is 888. The lowest BCUT2D eigenvalue weighted by Crippen LogP contribution is -2.43. The minimum atomic E-state index is -0.0344. The van der Waals surface area contributed by atoms with Crippen LogP contribution in [0.5, 0.6) is 11.5 Å². The third kappa shape index (κ3) is 4.09. The highest BCUT2D eigenvalue weighted by molar-refractivity contribution is 5.80. The highest BCUT2D eigenvalue weighted by atomic mass is 16.5. The van der Waals surface area contributed by atoms with Crippen molar-refractivity contribution in [1.29, 1.82) is 0 Å². The van der Waals surface area contributed by atoms with Crippen LogP contribution in [0.1, 0.15) is 62.3 Å². The smallest absolute Gasteiger partial charge is 0.227 e. The minimum Gasteiger partial charge on any atom is -0.497 e. The molecule has 7 nitrogen and oxygen atoms in total. The standard InChI is InChI=1S/C22H30N4O3/c1-14(2)11-18-22-23-21(15-5-6-15)24-26(22)10-9-25(18)20(27)13-16-12-17(28-3)7-8-19(16)29-4/h7-8,12,14-15,18H,5-6,9-11,13H2,1-4H3/t18-/m0/s1. The molecule has 2 heterocycles. The summed E-state index contributed by atoms with van der Waals surface area (Å²) in [6, 6.07) is 5.54. The van der Waals surface area contributed by atoms with E-state index in [0.29, 0.717) is 30.7 Å². The second kappa shape index (κ2) is 8.05. The molecule has 156 valence electrons. The molecule has 1 aliphatic heterocycles. The normalized spacial score (nSPS) is 18.7. The Kier molecular flexibility index (Phi) is 5.48.